The Morgan fingerprint density at radius 3 is 2.89 bits per heavy atom. The Morgan fingerprint density at radius 2 is 2.21 bits per heavy atom. The smallest absolute Gasteiger partial charge is 0.121 e. The summed E-state index contributed by atoms with van der Waals surface area (Å²) >= 11 is 0. The Kier molecular flexibility index (Phi) is 4.66. The van der Waals surface area contributed by atoms with Crippen LogP contribution in [0.25, 0.3) is 0 Å². The number of ether oxygens (including phenoxy) is 2. The number of nitrogens with zero attached hydrogens (tertiary/aromatic N) is 1. The van der Waals surface area contributed by atoms with Crippen LogP contribution >= 0.6 is 0 Å². The maximum absolute atomic E-state index is 5.91. The van der Waals surface area contributed by atoms with Crippen molar-refractivity contribution in [1.82, 2.24) is 4.90 Å². The number of hydrogen-bond acceptors (Lipinski definition) is 4. The molecule has 0 radical (unpaired) electrons. The molecule has 1 saturated heterocycles. The van der Waals surface area contributed by atoms with E-state index in [4.69, 9.17) is 15.2 Å². The highest BCUT2D eigenvalue weighted by Crippen LogP contribution is 2.22. The lowest BCUT2D eigenvalue weighted by molar-refractivity contribution is -0.0592. The maximum atomic E-state index is 5.91. The van der Waals surface area contributed by atoms with E-state index in [1.807, 2.05) is 12.1 Å². The monoisotopic (exact) mass is 264 g/mol. The lowest BCUT2D eigenvalue weighted by Crippen LogP contribution is -2.47. The molecule has 0 bridgehead atoms. The summed E-state index contributed by atoms with van der Waals surface area (Å²) in [5.74, 6) is 0.823. The molecule has 1 heterocycles. The van der Waals surface area contributed by atoms with Crippen LogP contribution in [0.15, 0.2) is 18.2 Å². The molecular formula is C15H24N2O2. The van der Waals surface area contributed by atoms with Gasteiger partial charge in [0.2, 0.25) is 0 Å². The van der Waals surface area contributed by atoms with Crippen LogP contribution in [0.4, 0.5) is 5.69 Å². The highest BCUT2D eigenvalue weighted by Gasteiger charge is 2.25. The molecule has 0 aliphatic carbocycles. The first-order valence-electron chi connectivity index (χ1n) is 6.91. The molecule has 19 heavy (non-hydrogen) atoms. The van der Waals surface area contributed by atoms with Gasteiger partial charge < -0.3 is 15.2 Å². The fraction of sp³-hybridized carbons (Fsp3) is 0.600. The van der Waals surface area contributed by atoms with E-state index < -0.39 is 0 Å². The lowest BCUT2D eigenvalue weighted by atomic mass is 10.1. The van der Waals surface area contributed by atoms with Crippen molar-refractivity contribution in [2.45, 2.75) is 39.0 Å². The number of anilines is 1. The van der Waals surface area contributed by atoms with Crippen molar-refractivity contribution in [1.29, 1.82) is 0 Å². The summed E-state index contributed by atoms with van der Waals surface area (Å²) in [6.45, 7) is 7.01. The number of rotatable bonds is 4. The topological polar surface area (TPSA) is 47.7 Å². The Balaban J connectivity index is 2.11. The highest BCUT2D eigenvalue weighted by atomic mass is 16.5. The zero-order valence-electron chi connectivity index (χ0n) is 12.1. The second kappa shape index (κ2) is 6.26. The van der Waals surface area contributed by atoms with E-state index in [-0.39, 0.29) is 0 Å². The summed E-state index contributed by atoms with van der Waals surface area (Å²) < 4.78 is 11.0. The first-order valence-corrected chi connectivity index (χ1v) is 6.91. The van der Waals surface area contributed by atoms with E-state index >= 15 is 0 Å². The van der Waals surface area contributed by atoms with Gasteiger partial charge in [0.15, 0.2) is 0 Å². The predicted molar refractivity (Wildman–Crippen MR) is 77.3 cm³/mol. The summed E-state index contributed by atoms with van der Waals surface area (Å²) in [5.41, 5.74) is 7.86. The molecule has 4 heteroatoms. The van der Waals surface area contributed by atoms with Crippen LogP contribution in [0.1, 0.15) is 25.8 Å². The quantitative estimate of drug-likeness (QED) is 0.848. The van der Waals surface area contributed by atoms with E-state index in [9.17, 15) is 0 Å². The summed E-state index contributed by atoms with van der Waals surface area (Å²) in [6.07, 6.45) is 1.40. The zero-order valence-corrected chi connectivity index (χ0v) is 12.1. The Bertz CT molecular complexity index is 423. The molecule has 106 valence electrons. The number of methoxy groups -OCH3 is 1. The standard InChI is InChI=1S/C15H24N2O2/c1-4-14-10-19-11(2)8-17(14)9-12-5-13(16)7-15(6-12)18-3/h5-7,11,14H,4,8-10,16H2,1-3H3. The van der Waals surface area contributed by atoms with Gasteiger partial charge in [-0.1, -0.05) is 6.92 Å². The molecule has 0 spiro atoms. The number of hydrogen-bond donors (Lipinski definition) is 1. The van der Waals surface area contributed by atoms with Crippen molar-refractivity contribution >= 4 is 5.69 Å². The molecule has 2 rings (SSSR count). The van der Waals surface area contributed by atoms with Crippen LogP contribution in [0.5, 0.6) is 5.75 Å². The fourth-order valence-corrected chi connectivity index (χ4v) is 2.61. The van der Waals surface area contributed by atoms with Crippen molar-refractivity contribution in [3.8, 4) is 5.75 Å². The molecule has 2 unspecified atom stereocenters. The molecule has 0 saturated carbocycles. The van der Waals surface area contributed by atoms with Gasteiger partial charge in [-0.3, -0.25) is 4.90 Å². The summed E-state index contributed by atoms with van der Waals surface area (Å²) in [5, 5.41) is 0. The second-order valence-corrected chi connectivity index (χ2v) is 5.25. The van der Waals surface area contributed by atoms with Gasteiger partial charge >= 0.3 is 0 Å². The van der Waals surface area contributed by atoms with Crippen molar-refractivity contribution in [3.63, 3.8) is 0 Å². The minimum absolute atomic E-state index is 0.297. The third kappa shape index (κ3) is 3.61. The van der Waals surface area contributed by atoms with Gasteiger partial charge in [-0.2, -0.15) is 0 Å². The summed E-state index contributed by atoms with van der Waals surface area (Å²) in [7, 11) is 1.67. The van der Waals surface area contributed by atoms with Crippen LogP contribution in [-0.2, 0) is 11.3 Å². The number of morpholine rings is 1. The molecule has 1 aliphatic rings. The Labute approximate surface area is 115 Å². The predicted octanol–water partition coefficient (Wildman–Crippen LogP) is 2.28. The SMILES string of the molecule is CCC1COC(C)CN1Cc1cc(N)cc(OC)c1. The Morgan fingerprint density at radius 1 is 1.42 bits per heavy atom. The molecule has 0 amide bonds. The summed E-state index contributed by atoms with van der Waals surface area (Å²) in [6, 6.07) is 6.42. The third-order valence-electron chi connectivity index (χ3n) is 3.66. The van der Waals surface area contributed by atoms with E-state index in [0.29, 0.717) is 12.1 Å². The van der Waals surface area contributed by atoms with Gasteiger partial charge in [0.25, 0.3) is 0 Å². The molecule has 0 aromatic heterocycles. The number of nitrogen functional groups attached to an aromatic ring is 1. The van der Waals surface area contributed by atoms with E-state index in [2.05, 4.69) is 24.8 Å². The van der Waals surface area contributed by atoms with Gasteiger partial charge in [0.1, 0.15) is 5.75 Å². The Hall–Kier alpha value is -1.26. The van der Waals surface area contributed by atoms with Crippen molar-refractivity contribution in [2.75, 3.05) is 26.0 Å². The zero-order chi connectivity index (χ0) is 13.8. The van der Waals surface area contributed by atoms with Gasteiger partial charge in [-0.05, 0) is 31.0 Å². The normalized spacial score (nSPS) is 24.4. The minimum atomic E-state index is 0.297. The van der Waals surface area contributed by atoms with Gasteiger partial charge in [-0.15, -0.1) is 0 Å². The summed E-state index contributed by atoms with van der Waals surface area (Å²) in [4.78, 5) is 2.47. The maximum Gasteiger partial charge on any atom is 0.121 e. The number of benzene rings is 1. The van der Waals surface area contributed by atoms with Gasteiger partial charge in [0, 0.05) is 30.9 Å². The molecule has 1 aromatic rings. The molecule has 2 N–H and O–H groups in total. The number of nitrogens with two attached hydrogens (primary N) is 1. The van der Waals surface area contributed by atoms with Crippen molar-refractivity contribution < 1.29 is 9.47 Å². The largest absolute Gasteiger partial charge is 0.497 e. The van der Waals surface area contributed by atoms with Crippen LogP contribution < -0.4 is 10.5 Å². The average Bonchev–Trinajstić information content (AvgIpc) is 2.38. The first-order chi connectivity index (χ1) is 9.12. The van der Waals surface area contributed by atoms with Crippen LogP contribution in [0.2, 0.25) is 0 Å². The second-order valence-electron chi connectivity index (χ2n) is 5.25. The van der Waals surface area contributed by atoms with Gasteiger partial charge in [-0.25, -0.2) is 0 Å². The minimum Gasteiger partial charge on any atom is -0.497 e. The molecule has 4 nitrogen and oxygen atoms in total. The molecular weight excluding hydrogens is 240 g/mol. The van der Waals surface area contributed by atoms with Gasteiger partial charge in [0.05, 0.1) is 19.8 Å². The van der Waals surface area contributed by atoms with Crippen molar-refractivity contribution in [3.05, 3.63) is 23.8 Å². The van der Waals surface area contributed by atoms with E-state index in [1.165, 1.54) is 5.56 Å². The highest BCUT2D eigenvalue weighted by molar-refractivity contribution is 5.47. The van der Waals surface area contributed by atoms with Crippen LogP contribution in [0, 0.1) is 0 Å². The average molecular weight is 264 g/mol. The van der Waals surface area contributed by atoms with E-state index in [0.717, 1.165) is 37.6 Å². The van der Waals surface area contributed by atoms with Crippen LogP contribution in [0.3, 0.4) is 0 Å². The van der Waals surface area contributed by atoms with E-state index in [1.54, 1.807) is 7.11 Å². The third-order valence-corrected chi connectivity index (χ3v) is 3.66. The molecule has 1 fully saturated rings. The molecule has 2 atom stereocenters. The fourth-order valence-electron chi connectivity index (χ4n) is 2.61. The van der Waals surface area contributed by atoms with Crippen molar-refractivity contribution in [2.24, 2.45) is 0 Å². The lowest BCUT2D eigenvalue weighted by Gasteiger charge is -2.38. The molecule has 1 aromatic carbocycles. The van der Waals surface area contributed by atoms with Crippen LogP contribution in [-0.4, -0.2) is 37.3 Å². The first kappa shape index (κ1) is 14.2. The molecule has 1 aliphatic heterocycles.